The minimum absolute atomic E-state index is 0. The number of sulfonamides is 2. The van der Waals surface area contributed by atoms with E-state index in [9.17, 15) is 31.2 Å². The van der Waals surface area contributed by atoms with Crippen LogP contribution in [-0.2, 0) is 39.2 Å². The number of carbonyl (C=O) groups excluding carboxylic acids is 2. The fraction of sp³-hybridized carbons (Fsp3) is 0.526. The van der Waals surface area contributed by atoms with Crippen LogP contribution in [0.2, 0.25) is 5.02 Å². The van der Waals surface area contributed by atoms with Gasteiger partial charge in [0.1, 0.15) is 21.9 Å². The number of rotatable bonds is 12. The van der Waals surface area contributed by atoms with E-state index < -0.39 is 61.0 Å². The van der Waals surface area contributed by atoms with Crippen molar-refractivity contribution in [2.24, 2.45) is 5.14 Å². The lowest BCUT2D eigenvalue weighted by molar-refractivity contribution is -0.147. The Morgan fingerprint density at radius 1 is 1.30 bits per heavy atom. The largest absolute Gasteiger partial charge is 0.480 e. The van der Waals surface area contributed by atoms with E-state index in [4.69, 9.17) is 26.6 Å². The first kappa shape index (κ1) is 32.8. The highest BCUT2D eigenvalue weighted by Gasteiger charge is 2.33. The maximum atomic E-state index is 12.6. The van der Waals surface area contributed by atoms with Crippen LogP contribution in [0.25, 0.3) is 0 Å². The molecule has 210 valence electrons. The minimum atomic E-state index is -4.27. The van der Waals surface area contributed by atoms with Crippen LogP contribution >= 0.6 is 24.0 Å². The molecule has 1 aromatic carbocycles. The second-order valence-electron chi connectivity index (χ2n) is 7.87. The molecule has 14 nitrogen and oxygen atoms in total. The van der Waals surface area contributed by atoms with Crippen molar-refractivity contribution < 1.29 is 41.1 Å². The Kier molecular flexibility index (Phi) is 12.0. The Labute approximate surface area is 225 Å². The Balaban J connectivity index is 0.00000684. The van der Waals surface area contributed by atoms with Crippen molar-refractivity contribution in [1.29, 1.82) is 0 Å². The molecule has 37 heavy (non-hydrogen) atoms. The molecule has 1 aliphatic heterocycles. The Morgan fingerprint density at radius 3 is 2.51 bits per heavy atom. The van der Waals surface area contributed by atoms with Gasteiger partial charge < -0.3 is 20.5 Å². The van der Waals surface area contributed by atoms with Crippen molar-refractivity contribution in [3.05, 3.63) is 17.2 Å². The summed E-state index contributed by atoms with van der Waals surface area (Å²) in [6.45, 7) is 3.25. The van der Waals surface area contributed by atoms with Gasteiger partial charge in [-0.1, -0.05) is 11.6 Å². The lowest BCUT2D eigenvalue weighted by Crippen LogP contribution is -2.48. The number of aliphatic carboxylic acids is 1. The molecule has 1 heterocycles. The summed E-state index contributed by atoms with van der Waals surface area (Å²) in [4.78, 5) is 34.5. The average molecular weight is 607 g/mol. The van der Waals surface area contributed by atoms with Gasteiger partial charge in [0.2, 0.25) is 26.0 Å². The summed E-state index contributed by atoms with van der Waals surface area (Å²) < 4.78 is 55.6. The van der Waals surface area contributed by atoms with Gasteiger partial charge in [-0.25, -0.2) is 22.0 Å². The monoisotopic (exact) mass is 605 g/mol. The van der Waals surface area contributed by atoms with E-state index in [1.54, 1.807) is 6.92 Å². The number of carboxylic acid groups (broad SMARTS) is 1. The van der Waals surface area contributed by atoms with Gasteiger partial charge in [0.15, 0.2) is 0 Å². The number of ether oxygens (including phenoxy) is 1. The van der Waals surface area contributed by atoms with Crippen LogP contribution in [0, 0.1) is 0 Å². The number of primary sulfonamides is 1. The van der Waals surface area contributed by atoms with Gasteiger partial charge in [-0.05, 0) is 38.8 Å². The number of halogens is 2. The molecule has 1 amide bonds. The topological polar surface area (TPSA) is 223 Å². The molecule has 0 aliphatic carbocycles. The van der Waals surface area contributed by atoms with Crippen LogP contribution in [0.1, 0.15) is 33.1 Å². The summed E-state index contributed by atoms with van der Waals surface area (Å²) in [6, 6.07) is 0.0540. The number of carbonyl (C=O) groups is 3. The molecule has 3 atom stereocenters. The molecular formula is C19H29Cl2N5O9S2. The lowest BCUT2D eigenvalue weighted by Gasteiger charge is -2.28. The number of esters is 1. The van der Waals surface area contributed by atoms with Crippen LogP contribution in [-0.4, -0.2) is 71.2 Å². The molecule has 0 spiro atoms. The number of nitrogens with two attached hydrogens (primary N) is 1. The van der Waals surface area contributed by atoms with Gasteiger partial charge >= 0.3 is 11.9 Å². The van der Waals surface area contributed by atoms with Crippen LogP contribution in [0.15, 0.2) is 21.9 Å². The Hall–Kier alpha value is -2.21. The third kappa shape index (κ3) is 9.24. The van der Waals surface area contributed by atoms with E-state index in [2.05, 4.69) is 20.7 Å². The fourth-order valence-corrected chi connectivity index (χ4v) is 5.82. The second-order valence-corrected chi connectivity index (χ2v) is 11.5. The molecule has 1 aliphatic rings. The molecular weight excluding hydrogens is 577 g/mol. The van der Waals surface area contributed by atoms with Crippen LogP contribution in [0.3, 0.4) is 0 Å². The highest BCUT2D eigenvalue weighted by atomic mass is 35.5. The van der Waals surface area contributed by atoms with Crippen molar-refractivity contribution in [3.63, 3.8) is 0 Å². The van der Waals surface area contributed by atoms with Crippen LogP contribution in [0.5, 0.6) is 0 Å². The zero-order valence-corrected chi connectivity index (χ0v) is 23.0. The molecule has 1 unspecified atom stereocenters. The number of hydrogen-bond donors (Lipinski definition) is 6. The summed E-state index contributed by atoms with van der Waals surface area (Å²) in [5, 5.41) is 21.8. The lowest BCUT2D eigenvalue weighted by atomic mass is 10.1. The highest BCUT2D eigenvalue weighted by molar-refractivity contribution is 7.90. The maximum Gasteiger partial charge on any atom is 0.323 e. The first-order valence-electron chi connectivity index (χ1n) is 10.7. The number of carboxylic acids is 1. The SMILES string of the molecule is CCOC(=O)[C@H](CCCNC(=O)CC1Nc2cc(Cl)c(S(N)(=O)=O)cc2S(=O)(=O)N1)N[C@@H](C)C(=O)O.Cl. The van der Waals surface area contributed by atoms with E-state index >= 15 is 0 Å². The molecule has 0 fully saturated rings. The molecule has 0 radical (unpaired) electrons. The summed E-state index contributed by atoms with van der Waals surface area (Å²) in [5.41, 5.74) is -0.000136. The first-order chi connectivity index (χ1) is 16.7. The van der Waals surface area contributed by atoms with Crippen molar-refractivity contribution in [2.75, 3.05) is 18.5 Å². The van der Waals surface area contributed by atoms with E-state index in [0.717, 1.165) is 12.1 Å². The number of benzene rings is 1. The van der Waals surface area contributed by atoms with Crippen molar-refractivity contribution in [3.8, 4) is 0 Å². The van der Waals surface area contributed by atoms with Crippen molar-refractivity contribution in [1.82, 2.24) is 15.4 Å². The normalized spacial score (nSPS) is 17.8. The van der Waals surface area contributed by atoms with Crippen molar-refractivity contribution in [2.45, 2.75) is 61.2 Å². The zero-order valence-electron chi connectivity index (χ0n) is 19.8. The standard InChI is InChI=1S/C19H28ClN5O9S2.ClH/c1-3-34-19(29)12(23-10(2)18(27)28)5-4-6-22-17(26)9-16-24-13-7-11(20)14(35(21,30)31)8-15(13)36(32,33)25-16;/h7-8,10,12,16,23-25H,3-6,9H2,1-2H3,(H,22,26)(H,27,28)(H2,21,30,31);1H/t10-,12-,16?;/m0./s1. The smallest absolute Gasteiger partial charge is 0.323 e. The number of hydrogen-bond acceptors (Lipinski definition) is 10. The van der Waals surface area contributed by atoms with E-state index in [1.165, 1.54) is 6.92 Å². The third-order valence-electron chi connectivity index (χ3n) is 5.03. The summed E-state index contributed by atoms with van der Waals surface area (Å²) >= 11 is 5.93. The number of anilines is 1. The number of nitrogens with one attached hydrogen (secondary N) is 4. The fourth-order valence-electron chi connectivity index (χ4n) is 3.33. The van der Waals surface area contributed by atoms with E-state index in [-0.39, 0.29) is 54.0 Å². The average Bonchev–Trinajstić information content (AvgIpc) is 2.73. The van der Waals surface area contributed by atoms with Crippen LogP contribution < -0.4 is 25.8 Å². The summed E-state index contributed by atoms with van der Waals surface area (Å²) in [6.07, 6.45) is -0.886. The minimum Gasteiger partial charge on any atom is -0.480 e. The Bertz CT molecular complexity index is 1230. The van der Waals surface area contributed by atoms with Crippen LogP contribution in [0.4, 0.5) is 5.69 Å². The van der Waals surface area contributed by atoms with E-state index in [0.29, 0.717) is 6.42 Å². The Morgan fingerprint density at radius 2 is 1.95 bits per heavy atom. The number of amides is 1. The van der Waals surface area contributed by atoms with Gasteiger partial charge in [0.05, 0.1) is 29.9 Å². The summed E-state index contributed by atoms with van der Waals surface area (Å²) in [5.74, 6) is -2.27. The first-order valence-corrected chi connectivity index (χ1v) is 14.1. The van der Waals surface area contributed by atoms with Gasteiger partial charge in [0, 0.05) is 6.54 Å². The van der Waals surface area contributed by atoms with E-state index in [1.807, 2.05) is 0 Å². The van der Waals surface area contributed by atoms with Gasteiger partial charge in [-0.2, -0.15) is 4.72 Å². The molecule has 1 aromatic rings. The second kappa shape index (κ2) is 13.5. The number of fused-ring (bicyclic) bond motifs is 1. The maximum absolute atomic E-state index is 12.6. The summed E-state index contributed by atoms with van der Waals surface area (Å²) in [7, 11) is -8.45. The predicted molar refractivity (Wildman–Crippen MR) is 135 cm³/mol. The molecule has 0 saturated heterocycles. The quantitative estimate of drug-likeness (QED) is 0.134. The van der Waals surface area contributed by atoms with Crippen molar-refractivity contribution >= 4 is 67.6 Å². The zero-order chi connectivity index (χ0) is 27.3. The highest BCUT2D eigenvalue weighted by Crippen LogP contribution is 2.33. The third-order valence-corrected chi connectivity index (χ3v) is 7.92. The van der Waals surface area contributed by atoms with Gasteiger partial charge in [-0.15, -0.1) is 12.4 Å². The molecule has 2 rings (SSSR count). The molecule has 18 heteroatoms. The predicted octanol–water partition coefficient (Wildman–Crippen LogP) is -0.280. The molecule has 0 saturated carbocycles. The molecule has 0 aromatic heterocycles. The van der Waals surface area contributed by atoms with Gasteiger partial charge in [0.25, 0.3) is 0 Å². The molecule has 7 N–H and O–H groups in total. The molecule has 0 bridgehead atoms. The van der Waals surface area contributed by atoms with Gasteiger partial charge in [-0.3, -0.25) is 19.7 Å².